The molecule has 1 aromatic carbocycles. The molecule has 1 unspecified atom stereocenters. The van der Waals surface area contributed by atoms with E-state index in [2.05, 4.69) is 55.0 Å². The Morgan fingerprint density at radius 2 is 1.64 bits per heavy atom. The predicted octanol–water partition coefficient (Wildman–Crippen LogP) is 6.99. The molecule has 2 heterocycles. The number of hydrogen-bond donors (Lipinski definition) is 0. The summed E-state index contributed by atoms with van der Waals surface area (Å²) in [5.74, 6) is 2.16. The van der Waals surface area contributed by atoms with Gasteiger partial charge in [-0.1, -0.05) is 71.1 Å². The zero-order valence-corrected chi connectivity index (χ0v) is 21.6. The monoisotopic (exact) mass is 449 g/mol. The molecule has 0 radical (unpaired) electrons. The molecule has 1 aromatic rings. The van der Waals surface area contributed by atoms with E-state index in [4.69, 9.17) is 4.99 Å². The summed E-state index contributed by atoms with van der Waals surface area (Å²) in [4.78, 5) is 10.6. The molecule has 4 rings (SSSR count). The maximum Gasteiger partial charge on any atom is 0.136 e. The van der Waals surface area contributed by atoms with Crippen molar-refractivity contribution in [3.63, 3.8) is 0 Å². The third-order valence-electron chi connectivity index (χ3n) is 8.33. The van der Waals surface area contributed by atoms with Gasteiger partial charge in [-0.25, -0.2) is 4.99 Å². The number of benzene rings is 1. The summed E-state index contributed by atoms with van der Waals surface area (Å²) in [7, 11) is 0. The Morgan fingerprint density at radius 1 is 0.909 bits per heavy atom. The van der Waals surface area contributed by atoms with Gasteiger partial charge in [-0.05, 0) is 74.1 Å². The highest BCUT2D eigenvalue weighted by Gasteiger charge is 2.32. The maximum atomic E-state index is 5.19. The second-order valence-corrected chi connectivity index (χ2v) is 10.6. The lowest BCUT2D eigenvalue weighted by Crippen LogP contribution is -2.47. The van der Waals surface area contributed by atoms with Gasteiger partial charge in [0.2, 0.25) is 0 Å². The van der Waals surface area contributed by atoms with Gasteiger partial charge in [-0.2, -0.15) is 0 Å². The Balaban J connectivity index is 1.58. The van der Waals surface area contributed by atoms with Gasteiger partial charge >= 0.3 is 0 Å². The van der Waals surface area contributed by atoms with Crippen molar-refractivity contribution >= 4 is 5.84 Å². The third-order valence-corrected chi connectivity index (χ3v) is 8.33. The van der Waals surface area contributed by atoms with Crippen LogP contribution in [-0.4, -0.2) is 47.9 Å². The number of nitrogens with zero attached hydrogens (tertiary/aromatic N) is 3. The van der Waals surface area contributed by atoms with E-state index in [0.29, 0.717) is 0 Å². The van der Waals surface area contributed by atoms with Crippen LogP contribution in [0.2, 0.25) is 0 Å². The van der Waals surface area contributed by atoms with E-state index < -0.39 is 0 Å². The molecule has 3 nitrogen and oxygen atoms in total. The highest BCUT2D eigenvalue weighted by Crippen LogP contribution is 2.34. The second kappa shape index (κ2) is 12.2. The van der Waals surface area contributed by atoms with Gasteiger partial charge in [-0.3, -0.25) is 4.90 Å². The summed E-state index contributed by atoms with van der Waals surface area (Å²) in [6.45, 7) is 11.4. The van der Waals surface area contributed by atoms with E-state index in [1.807, 2.05) is 0 Å². The fraction of sp³-hybridized carbons (Fsp3) is 0.700. The Kier molecular flexibility index (Phi) is 9.06. The SMILES string of the molecule is CCCCN1CC(CN2CCCCC2C2CCCCC2)=CN=C1c1c(CC)cccc1CC. The van der Waals surface area contributed by atoms with Crippen LogP contribution in [0.3, 0.4) is 0 Å². The van der Waals surface area contributed by atoms with Crippen molar-refractivity contribution in [2.75, 3.05) is 26.2 Å². The Bertz CT molecular complexity index is 796. The van der Waals surface area contributed by atoms with Gasteiger partial charge in [0.15, 0.2) is 0 Å². The molecule has 182 valence electrons. The van der Waals surface area contributed by atoms with Crippen molar-refractivity contribution in [2.24, 2.45) is 10.9 Å². The van der Waals surface area contributed by atoms with Crippen LogP contribution in [0.4, 0.5) is 0 Å². The molecule has 2 fully saturated rings. The summed E-state index contributed by atoms with van der Waals surface area (Å²) in [6.07, 6.45) is 18.3. The van der Waals surface area contributed by atoms with Gasteiger partial charge in [0.25, 0.3) is 0 Å². The van der Waals surface area contributed by atoms with Crippen LogP contribution < -0.4 is 0 Å². The number of rotatable bonds is 9. The van der Waals surface area contributed by atoms with E-state index in [1.54, 1.807) is 0 Å². The zero-order valence-electron chi connectivity index (χ0n) is 21.6. The molecule has 3 heteroatoms. The van der Waals surface area contributed by atoms with E-state index in [9.17, 15) is 0 Å². The molecule has 0 aromatic heterocycles. The fourth-order valence-electron chi connectivity index (χ4n) is 6.50. The Morgan fingerprint density at radius 3 is 2.33 bits per heavy atom. The van der Waals surface area contributed by atoms with Gasteiger partial charge in [0.05, 0.1) is 0 Å². The minimum atomic E-state index is 0.807. The maximum absolute atomic E-state index is 5.19. The first-order valence-electron chi connectivity index (χ1n) is 14.1. The fourth-order valence-corrected chi connectivity index (χ4v) is 6.50. The van der Waals surface area contributed by atoms with Crippen LogP contribution in [0.25, 0.3) is 0 Å². The molecule has 0 spiro atoms. The molecule has 1 atom stereocenters. The number of hydrogen-bond acceptors (Lipinski definition) is 3. The molecule has 3 aliphatic rings. The number of amidine groups is 1. The molecule has 1 saturated carbocycles. The average molecular weight is 450 g/mol. The van der Waals surface area contributed by atoms with Crippen LogP contribution >= 0.6 is 0 Å². The van der Waals surface area contributed by atoms with Crippen LogP contribution in [-0.2, 0) is 12.8 Å². The zero-order chi connectivity index (χ0) is 23.0. The molecule has 0 amide bonds. The number of aliphatic imine (C=N–C) groups is 1. The van der Waals surface area contributed by atoms with Gasteiger partial charge in [-0.15, -0.1) is 0 Å². The second-order valence-electron chi connectivity index (χ2n) is 10.6. The highest BCUT2D eigenvalue weighted by atomic mass is 15.2. The van der Waals surface area contributed by atoms with E-state index in [1.165, 1.54) is 98.9 Å². The van der Waals surface area contributed by atoms with Gasteiger partial charge in [0, 0.05) is 37.4 Å². The first-order chi connectivity index (χ1) is 16.2. The van der Waals surface area contributed by atoms with Crippen LogP contribution in [0.15, 0.2) is 35.0 Å². The quantitative estimate of drug-likeness (QED) is 0.404. The molecule has 1 aliphatic carbocycles. The lowest BCUT2D eigenvalue weighted by atomic mass is 9.80. The molecule has 0 N–H and O–H groups in total. The van der Waals surface area contributed by atoms with Crippen LogP contribution in [0, 0.1) is 5.92 Å². The summed E-state index contributed by atoms with van der Waals surface area (Å²) in [6, 6.07) is 7.64. The smallest absolute Gasteiger partial charge is 0.136 e. The molecular weight excluding hydrogens is 402 g/mol. The Hall–Kier alpha value is -1.61. The summed E-state index contributed by atoms with van der Waals surface area (Å²) < 4.78 is 0. The topological polar surface area (TPSA) is 18.8 Å². The van der Waals surface area contributed by atoms with Gasteiger partial charge in [0.1, 0.15) is 5.84 Å². The summed E-state index contributed by atoms with van der Waals surface area (Å²) in [5, 5.41) is 0. The normalized spacial score (nSPS) is 22.9. The molecular formula is C30H47N3. The van der Waals surface area contributed by atoms with Crippen molar-refractivity contribution in [1.82, 2.24) is 9.80 Å². The van der Waals surface area contributed by atoms with Crippen molar-refractivity contribution in [1.29, 1.82) is 0 Å². The molecule has 2 aliphatic heterocycles. The van der Waals surface area contributed by atoms with Crippen molar-refractivity contribution in [3.8, 4) is 0 Å². The van der Waals surface area contributed by atoms with Crippen molar-refractivity contribution in [2.45, 2.75) is 104 Å². The molecule has 0 bridgehead atoms. The minimum absolute atomic E-state index is 0.807. The lowest BCUT2D eigenvalue weighted by Gasteiger charge is -2.43. The number of unbranched alkanes of at least 4 members (excludes halogenated alkanes) is 1. The first kappa shape index (κ1) is 24.5. The van der Waals surface area contributed by atoms with E-state index in [-0.39, 0.29) is 0 Å². The van der Waals surface area contributed by atoms with Crippen molar-refractivity contribution < 1.29 is 0 Å². The summed E-state index contributed by atoms with van der Waals surface area (Å²) in [5.41, 5.74) is 5.82. The predicted molar refractivity (Wildman–Crippen MR) is 142 cm³/mol. The van der Waals surface area contributed by atoms with E-state index in [0.717, 1.165) is 44.4 Å². The highest BCUT2D eigenvalue weighted by molar-refractivity contribution is 6.02. The molecule has 1 saturated heterocycles. The number of piperidine rings is 1. The van der Waals surface area contributed by atoms with Crippen LogP contribution in [0.5, 0.6) is 0 Å². The Labute approximate surface area is 203 Å². The van der Waals surface area contributed by atoms with Gasteiger partial charge < -0.3 is 4.90 Å². The van der Waals surface area contributed by atoms with Crippen molar-refractivity contribution in [3.05, 3.63) is 46.7 Å². The minimum Gasteiger partial charge on any atom is -0.352 e. The average Bonchev–Trinajstić information content (AvgIpc) is 2.88. The largest absolute Gasteiger partial charge is 0.352 e. The number of likely N-dealkylation sites (tertiary alicyclic amines) is 1. The first-order valence-corrected chi connectivity index (χ1v) is 14.1. The summed E-state index contributed by atoms with van der Waals surface area (Å²) >= 11 is 0. The van der Waals surface area contributed by atoms with E-state index >= 15 is 0 Å². The number of aryl methyl sites for hydroxylation is 2. The van der Waals surface area contributed by atoms with Crippen LogP contribution in [0.1, 0.15) is 102 Å². The third kappa shape index (κ3) is 5.91. The molecule has 33 heavy (non-hydrogen) atoms. The standard InChI is InChI=1S/C30H47N3/c1-4-7-19-33-23-24(21-31-30(33)29-25(5-2)16-13-17-26(29)6-3)22-32-20-12-11-18-28(32)27-14-9-8-10-15-27/h13,16-17,21,27-28H,4-12,14-15,18-20,22-23H2,1-3H3. The lowest BCUT2D eigenvalue weighted by molar-refractivity contribution is 0.0887.